The zero-order valence-electron chi connectivity index (χ0n) is 15.5. The van der Waals surface area contributed by atoms with Crippen LogP contribution in [0, 0.1) is 0 Å². The Hall–Kier alpha value is -2.38. The van der Waals surface area contributed by atoms with Crippen LogP contribution in [0.4, 0.5) is 0 Å². The molecule has 1 fully saturated rings. The average Bonchev–Trinajstić information content (AvgIpc) is 2.66. The Morgan fingerprint density at radius 3 is 2.74 bits per heavy atom. The van der Waals surface area contributed by atoms with Gasteiger partial charge < -0.3 is 15.0 Å². The number of ether oxygens (including phenoxy) is 1. The number of carbonyl (C=O) groups is 1. The van der Waals surface area contributed by atoms with Gasteiger partial charge in [-0.05, 0) is 23.8 Å². The fourth-order valence-corrected chi connectivity index (χ4v) is 4.21. The minimum Gasteiger partial charge on any atom is -0.496 e. The van der Waals surface area contributed by atoms with Crippen LogP contribution in [-0.4, -0.2) is 52.2 Å². The summed E-state index contributed by atoms with van der Waals surface area (Å²) in [4.78, 5) is 15.0. The molecular formula is C20H24N2O4S. The molecule has 2 aromatic rings. The molecule has 1 saturated heterocycles. The first kappa shape index (κ1) is 19.4. The third-order valence-corrected chi connectivity index (χ3v) is 5.46. The van der Waals surface area contributed by atoms with E-state index in [9.17, 15) is 13.2 Å². The van der Waals surface area contributed by atoms with E-state index in [1.165, 1.54) is 6.26 Å². The van der Waals surface area contributed by atoms with Gasteiger partial charge >= 0.3 is 0 Å². The van der Waals surface area contributed by atoms with Crippen molar-refractivity contribution in [1.29, 1.82) is 0 Å². The number of benzene rings is 2. The largest absolute Gasteiger partial charge is 0.496 e. The molecule has 7 heteroatoms. The summed E-state index contributed by atoms with van der Waals surface area (Å²) in [7, 11) is -1.54. The Kier molecular flexibility index (Phi) is 5.82. The van der Waals surface area contributed by atoms with Crippen molar-refractivity contribution in [2.75, 3.05) is 33.0 Å². The van der Waals surface area contributed by atoms with Gasteiger partial charge in [-0.3, -0.25) is 4.79 Å². The summed E-state index contributed by atoms with van der Waals surface area (Å²) in [5, 5.41) is 3.33. The maximum absolute atomic E-state index is 13.2. The van der Waals surface area contributed by atoms with Crippen LogP contribution in [0.25, 0.3) is 0 Å². The van der Waals surface area contributed by atoms with Crippen LogP contribution in [0.5, 0.6) is 5.75 Å². The highest BCUT2D eigenvalue weighted by atomic mass is 32.2. The fourth-order valence-electron chi connectivity index (χ4n) is 3.43. The SMILES string of the molecule is COc1ccccc1C1CNCCN1C(=O)c1cccc(CS(C)(=O)=O)c1. The van der Waals surface area contributed by atoms with Gasteiger partial charge in [-0.25, -0.2) is 8.42 Å². The van der Waals surface area contributed by atoms with E-state index in [2.05, 4.69) is 5.32 Å². The standard InChI is InChI=1S/C20H24N2O4S/c1-26-19-9-4-3-8-17(19)18-13-21-10-11-22(18)20(23)16-7-5-6-15(12-16)14-27(2,24)25/h3-9,12,18,21H,10-11,13-14H2,1-2H3. The number of methoxy groups -OCH3 is 1. The number of sulfone groups is 1. The molecule has 1 unspecified atom stereocenters. The minimum atomic E-state index is -3.16. The summed E-state index contributed by atoms with van der Waals surface area (Å²) in [5.74, 6) is 0.559. The van der Waals surface area contributed by atoms with Crippen LogP contribution in [0.2, 0.25) is 0 Å². The number of rotatable bonds is 5. The van der Waals surface area contributed by atoms with E-state index in [1.54, 1.807) is 31.4 Å². The van der Waals surface area contributed by atoms with Crippen molar-refractivity contribution < 1.29 is 17.9 Å². The number of piperazine rings is 1. The van der Waals surface area contributed by atoms with Crippen LogP contribution in [-0.2, 0) is 15.6 Å². The third-order valence-electron chi connectivity index (χ3n) is 4.60. The predicted octanol–water partition coefficient (Wildman–Crippen LogP) is 2.03. The summed E-state index contributed by atoms with van der Waals surface area (Å²) in [6.07, 6.45) is 1.19. The molecule has 0 aliphatic carbocycles. The number of hydrogen-bond donors (Lipinski definition) is 1. The van der Waals surface area contributed by atoms with Crippen molar-refractivity contribution in [2.24, 2.45) is 0 Å². The zero-order chi connectivity index (χ0) is 19.4. The average molecular weight is 388 g/mol. The van der Waals surface area contributed by atoms with Gasteiger partial charge in [0.25, 0.3) is 5.91 Å². The van der Waals surface area contributed by atoms with Gasteiger partial charge in [0.15, 0.2) is 9.84 Å². The molecule has 3 rings (SSSR count). The van der Waals surface area contributed by atoms with Gasteiger partial charge in [-0.15, -0.1) is 0 Å². The van der Waals surface area contributed by atoms with Crippen LogP contribution in [0.1, 0.15) is 27.5 Å². The maximum Gasteiger partial charge on any atom is 0.254 e. The van der Waals surface area contributed by atoms with Gasteiger partial charge in [-0.1, -0.05) is 30.3 Å². The second-order valence-corrected chi connectivity index (χ2v) is 8.87. The molecule has 1 heterocycles. The van der Waals surface area contributed by atoms with E-state index < -0.39 is 9.84 Å². The lowest BCUT2D eigenvalue weighted by Crippen LogP contribution is -2.48. The lowest BCUT2D eigenvalue weighted by molar-refractivity contribution is 0.0631. The van der Waals surface area contributed by atoms with Gasteiger partial charge in [0, 0.05) is 37.0 Å². The monoisotopic (exact) mass is 388 g/mol. The summed E-state index contributed by atoms with van der Waals surface area (Å²) < 4.78 is 28.6. The maximum atomic E-state index is 13.2. The van der Waals surface area contributed by atoms with Crippen LogP contribution >= 0.6 is 0 Å². The summed E-state index contributed by atoms with van der Waals surface area (Å²) >= 11 is 0. The quantitative estimate of drug-likeness (QED) is 0.848. The Morgan fingerprint density at radius 1 is 1.22 bits per heavy atom. The highest BCUT2D eigenvalue weighted by Crippen LogP contribution is 2.31. The Balaban J connectivity index is 1.91. The van der Waals surface area contributed by atoms with Gasteiger partial charge in [0.2, 0.25) is 0 Å². The molecule has 0 radical (unpaired) electrons. The Bertz CT molecular complexity index is 927. The first-order valence-corrected chi connectivity index (χ1v) is 10.9. The van der Waals surface area contributed by atoms with Gasteiger partial charge in [0.1, 0.15) is 5.75 Å². The van der Waals surface area contributed by atoms with Crippen LogP contribution in [0.15, 0.2) is 48.5 Å². The second-order valence-electron chi connectivity index (χ2n) is 6.73. The molecule has 0 saturated carbocycles. The van der Waals surface area contributed by atoms with E-state index >= 15 is 0 Å². The summed E-state index contributed by atoms with van der Waals surface area (Å²) in [6, 6.07) is 14.4. The van der Waals surface area contributed by atoms with Gasteiger partial charge in [0.05, 0.1) is 18.9 Å². The van der Waals surface area contributed by atoms with E-state index in [-0.39, 0.29) is 17.7 Å². The van der Waals surface area contributed by atoms with Crippen LogP contribution in [0.3, 0.4) is 0 Å². The summed E-state index contributed by atoms with van der Waals surface area (Å²) in [6.45, 7) is 1.91. The van der Waals surface area contributed by atoms with E-state index in [0.717, 1.165) is 11.3 Å². The van der Waals surface area contributed by atoms with Gasteiger partial charge in [-0.2, -0.15) is 0 Å². The van der Waals surface area contributed by atoms with Crippen molar-refractivity contribution in [3.05, 3.63) is 65.2 Å². The molecule has 0 aromatic heterocycles. The highest BCUT2D eigenvalue weighted by molar-refractivity contribution is 7.89. The molecule has 1 aliphatic rings. The molecule has 2 aromatic carbocycles. The molecule has 0 spiro atoms. The lowest BCUT2D eigenvalue weighted by atomic mass is 10.0. The zero-order valence-corrected chi connectivity index (χ0v) is 16.3. The van der Waals surface area contributed by atoms with E-state index in [1.807, 2.05) is 29.2 Å². The molecule has 0 bridgehead atoms. The predicted molar refractivity (Wildman–Crippen MR) is 105 cm³/mol. The molecule has 6 nitrogen and oxygen atoms in total. The third kappa shape index (κ3) is 4.67. The number of hydrogen-bond acceptors (Lipinski definition) is 5. The van der Waals surface area contributed by atoms with E-state index in [0.29, 0.717) is 30.8 Å². The van der Waals surface area contributed by atoms with Crippen molar-refractivity contribution in [1.82, 2.24) is 10.2 Å². The molecular weight excluding hydrogens is 364 g/mol. The lowest BCUT2D eigenvalue weighted by Gasteiger charge is -2.37. The summed E-state index contributed by atoms with van der Waals surface area (Å²) in [5.41, 5.74) is 2.07. The fraction of sp³-hybridized carbons (Fsp3) is 0.350. The Morgan fingerprint density at radius 2 is 2.00 bits per heavy atom. The molecule has 1 N–H and O–H groups in total. The number of para-hydroxylation sites is 1. The Labute approximate surface area is 160 Å². The number of nitrogens with one attached hydrogen (secondary N) is 1. The topological polar surface area (TPSA) is 75.7 Å². The molecule has 1 atom stereocenters. The second kappa shape index (κ2) is 8.10. The smallest absolute Gasteiger partial charge is 0.254 e. The van der Waals surface area contributed by atoms with E-state index in [4.69, 9.17) is 4.74 Å². The van der Waals surface area contributed by atoms with Crippen molar-refractivity contribution in [3.63, 3.8) is 0 Å². The van der Waals surface area contributed by atoms with Crippen molar-refractivity contribution in [3.8, 4) is 5.75 Å². The highest BCUT2D eigenvalue weighted by Gasteiger charge is 2.30. The first-order valence-electron chi connectivity index (χ1n) is 8.80. The molecule has 1 aliphatic heterocycles. The molecule has 27 heavy (non-hydrogen) atoms. The number of nitrogens with zero attached hydrogens (tertiary/aromatic N) is 1. The normalized spacial score (nSPS) is 17.6. The minimum absolute atomic E-state index is 0.0778. The van der Waals surface area contributed by atoms with Crippen molar-refractivity contribution in [2.45, 2.75) is 11.8 Å². The molecule has 1 amide bonds. The number of amides is 1. The first-order chi connectivity index (χ1) is 12.9. The van der Waals surface area contributed by atoms with Crippen molar-refractivity contribution >= 4 is 15.7 Å². The number of carbonyl (C=O) groups excluding carboxylic acids is 1. The molecule has 144 valence electrons. The van der Waals surface area contributed by atoms with Crippen LogP contribution < -0.4 is 10.1 Å².